The third-order valence-electron chi connectivity index (χ3n) is 2.87. The highest BCUT2D eigenvalue weighted by Crippen LogP contribution is 2.21. The number of aliphatic hydroxyl groups is 1. The van der Waals surface area contributed by atoms with E-state index < -0.39 is 15.9 Å². The quantitative estimate of drug-likeness (QED) is 0.878. The Bertz CT molecular complexity index is 432. The molecule has 1 aromatic carbocycles. The summed E-state index contributed by atoms with van der Waals surface area (Å²) in [6.45, 7) is 5.26. The van der Waals surface area contributed by atoms with Crippen LogP contribution in [0.2, 0.25) is 0 Å². The summed E-state index contributed by atoms with van der Waals surface area (Å²) in [5, 5.41) is 9.43. The lowest BCUT2D eigenvalue weighted by Crippen LogP contribution is -2.11. The van der Waals surface area contributed by atoms with Gasteiger partial charge in [0.15, 0.2) is 9.84 Å². The van der Waals surface area contributed by atoms with Crippen LogP contribution in [0, 0.1) is 0 Å². The van der Waals surface area contributed by atoms with Crippen molar-refractivity contribution in [2.24, 2.45) is 0 Å². The van der Waals surface area contributed by atoms with Crippen LogP contribution >= 0.6 is 0 Å². The number of aliphatic hydroxyl groups excluding tert-OH is 1. The Morgan fingerprint density at radius 2 is 1.69 bits per heavy atom. The Kier molecular flexibility index (Phi) is 4.10. The summed E-state index contributed by atoms with van der Waals surface area (Å²) in [7, 11) is -3.12. The Morgan fingerprint density at radius 1 is 1.19 bits per heavy atom. The molecular weight excluding hydrogens is 224 g/mol. The molecule has 0 heterocycles. The minimum atomic E-state index is -3.12. The van der Waals surface area contributed by atoms with E-state index in [1.807, 2.05) is 6.92 Å². The zero-order chi connectivity index (χ0) is 12.3. The van der Waals surface area contributed by atoms with Gasteiger partial charge >= 0.3 is 0 Å². The normalized spacial score (nSPS) is 15.8. The highest BCUT2D eigenvalue weighted by Gasteiger charge is 2.14. The zero-order valence-corrected chi connectivity index (χ0v) is 10.7. The molecule has 1 rings (SSSR count). The Balaban J connectivity index is 3.01. The molecule has 90 valence electrons. The molecular formula is C12H18O3S. The molecule has 0 fully saturated rings. The number of benzene rings is 1. The van der Waals surface area contributed by atoms with Crippen molar-refractivity contribution >= 4 is 9.84 Å². The molecule has 0 amide bonds. The number of hydrogen-bond donors (Lipinski definition) is 1. The number of rotatable bonds is 4. The van der Waals surface area contributed by atoms with Crippen molar-refractivity contribution in [3.63, 3.8) is 0 Å². The maximum Gasteiger partial charge on any atom is 0.178 e. The average molecular weight is 242 g/mol. The van der Waals surface area contributed by atoms with Crippen LogP contribution in [-0.4, -0.2) is 25.4 Å². The van der Waals surface area contributed by atoms with Gasteiger partial charge < -0.3 is 5.11 Å². The first-order chi connectivity index (χ1) is 7.38. The molecule has 3 nitrogen and oxygen atoms in total. The molecule has 2 atom stereocenters. The van der Waals surface area contributed by atoms with Gasteiger partial charge in [0.05, 0.1) is 16.8 Å². The van der Waals surface area contributed by atoms with Crippen molar-refractivity contribution in [3.05, 3.63) is 29.8 Å². The monoisotopic (exact) mass is 242 g/mol. The van der Waals surface area contributed by atoms with Crippen molar-refractivity contribution in [3.8, 4) is 0 Å². The Labute approximate surface area is 97.0 Å². The third-order valence-corrected chi connectivity index (χ3v) is 4.62. The van der Waals surface area contributed by atoms with Crippen molar-refractivity contribution in [1.29, 1.82) is 0 Å². The topological polar surface area (TPSA) is 54.4 Å². The molecule has 0 saturated carbocycles. The molecule has 0 saturated heterocycles. The summed E-state index contributed by atoms with van der Waals surface area (Å²) in [5.74, 6) is 0.122. The lowest BCUT2D eigenvalue weighted by Gasteiger charge is -2.15. The van der Waals surface area contributed by atoms with E-state index in [-0.39, 0.29) is 11.7 Å². The van der Waals surface area contributed by atoms with Gasteiger partial charge in [0.2, 0.25) is 0 Å². The maximum atomic E-state index is 11.6. The summed E-state index contributed by atoms with van der Waals surface area (Å²) < 4.78 is 23.1. The first-order valence-corrected chi connectivity index (χ1v) is 7.04. The fraction of sp³-hybridized carbons (Fsp3) is 0.500. The molecule has 16 heavy (non-hydrogen) atoms. The first kappa shape index (κ1) is 13.2. The van der Waals surface area contributed by atoms with E-state index in [9.17, 15) is 13.5 Å². The molecule has 0 aromatic heterocycles. The van der Waals surface area contributed by atoms with Crippen LogP contribution in [0.4, 0.5) is 0 Å². The van der Waals surface area contributed by atoms with Crippen molar-refractivity contribution in [1.82, 2.24) is 0 Å². The second-order valence-corrected chi connectivity index (χ2v) is 6.28. The van der Waals surface area contributed by atoms with Gasteiger partial charge in [-0.1, -0.05) is 26.0 Å². The predicted octanol–water partition coefficient (Wildman–Crippen LogP) is 1.96. The molecule has 0 radical (unpaired) electrons. The van der Waals surface area contributed by atoms with Crippen molar-refractivity contribution in [2.75, 3.05) is 5.75 Å². The van der Waals surface area contributed by atoms with E-state index in [0.29, 0.717) is 4.90 Å². The average Bonchev–Trinajstić information content (AvgIpc) is 2.28. The van der Waals surface area contributed by atoms with Gasteiger partial charge in [-0.15, -0.1) is 0 Å². The van der Waals surface area contributed by atoms with Gasteiger partial charge in [-0.2, -0.15) is 0 Å². The molecule has 4 heteroatoms. The van der Waals surface area contributed by atoms with Gasteiger partial charge in [0.1, 0.15) is 0 Å². The summed E-state index contributed by atoms with van der Waals surface area (Å²) in [6, 6.07) is 6.74. The highest BCUT2D eigenvalue weighted by molar-refractivity contribution is 7.91. The standard InChI is InChI=1S/C12H18O3S/c1-4-16(14,15)12-7-5-11(6-8-12)9(2)10(3)13/h5-10,13H,4H2,1-3H3/t9-,10+/m1/s1. The number of sulfone groups is 1. The fourth-order valence-electron chi connectivity index (χ4n) is 1.42. The Morgan fingerprint density at radius 3 is 2.06 bits per heavy atom. The number of hydrogen-bond acceptors (Lipinski definition) is 3. The highest BCUT2D eigenvalue weighted by atomic mass is 32.2. The smallest absolute Gasteiger partial charge is 0.178 e. The van der Waals surface area contributed by atoms with Gasteiger partial charge in [-0.3, -0.25) is 0 Å². The van der Waals surface area contributed by atoms with Gasteiger partial charge in [0.25, 0.3) is 0 Å². The molecule has 0 aliphatic heterocycles. The maximum absolute atomic E-state index is 11.6. The van der Waals surface area contributed by atoms with Gasteiger partial charge in [-0.25, -0.2) is 8.42 Å². The van der Waals surface area contributed by atoms with Crippen LogP contribution in [0.15, 0.2) is 29.2 Å². The zero-order valence-electron chi connectivity index (χ0n) is 9.84. The van der Waals surface area contributed by atoms with E-state index in [0.717, 1.165) is 5.56 Å². The van der Waals surface area contributed by atoms with Crippen molar-refractivity contribution in [2.45, 2.75) is 37.7 Å². The third kappa shape index (κ3) is 2.83. The van der Waals surface area contributed by atoms with Crippen LogP contribution in [0.25, 0.3) is 0 Å². The SMILES string of the molecule is CCS(=O)(=O)c1ccc([C@H](C)[C@H](C)O)cc1. The van der Waals surface area contributed by atoms with E-state index >= 15 is 0 Å². The minimum Gasteiger partial charge on any atom is -0.393 e. The lowest BCUT2D eigenvalue weighted by atomic mass is 9.97. The van der Waals surface area contributed by atoms with Crippen LogP contribution in [-0.2, 0) is 9.84 Å². The van der Waals surface area contributed by atoms with Gasteiger partial charge in [0, 0.05) is 5.92 Å². The molecule has 0 aliphatic carbocycles. The van der Waals surface area contributed by atoms with Crippen LogP contribution < -0.4 is 0 Å². The molecule has 0 spiro atoms. The molecule has 0 unspecified atom stereocenters. The first-order valence-electron chi connectivity index (χ1n) is 5.39. The predicted molar refractivity (Wildman–Crippen MR) is 64.3 cm³/mol. The molecule has 0 bridgehead atoms. The largest absolute Gasteiger partial charge is 0.393 e. The van der Waals surface area contributed by atoms with Crippen LogP contribution in [0.3, 0.4) is 0 Å². The summed E-state index contributed by atoms with van der Waals surface area (Å²) in [5.41, 5.74) is 0.949. The van der Waals surface area contributed by atoms with Crippen LogP contribution in [0.5, 0.6) is 0 Å². The second kappa shape index (κ2) is 4.97. The summed E-state index contributed by atoms with van der Waals surface area (Å²) in [4.78, 5) is 0.344. The minimum absolute atomic E-state index is 0.0124. The second-order valence-electron chi connectivity index (χ2n) is 4.00. The van der Waals surface area contributed by atoms with Gasteiger partial charge in [-0.05, 0) is 24.6 Å². The lowest BCUT2D eigenvalue weighted by molar-refractivity contribution is 0.169. The molecule has 1 aromatic rings. The van der Waals surface area contributed by atoms with Crippen molar-refractivity contribution < 1.29 is 13.5 Å². The van der Waals surface area contributed by atoms with Crippen LogP contribution in [0.1, 0.15) is 32.3 Å². The fourth-order valence-corrected chi connectivity index (χ4v) is 2.31. The van der Waals surface area contributed by atoms with E-state index in [1.165, 1.54) is 0 Å². The van der Waals surface area contributed by atoms with E-state index in [2.05, 4.69) is 0 Å². The summed E-state index contributed by atoms with van der Waals surface area (Å²) in [6.07, 6.45) is -0.436. The summed E-state index contributed by atoms with van der Waals surface area (Å²) >= 11 is 0. The van der Waals surface area contributed by atoms with E-state index in [4.69, 9.17) is 0 Å². The molecule has 0 aliphatic rings. The van der Waals surface area contributed by atoms with E-state index in [1.54, 1.807) is 38.1 Å². The Hall–Kier alpha value is -0.870. The molecule has 1 N–H and O–H groups in total.